The van der Waals surface area contributed by atoms with E-state index in [1.807, 2.05) is 0 Å². The average Bonchev–Trinajstić information content (AvgIpc) is 2.85. The quantitative estimate of drug-likeness (QED) is 0.781. The zero-order valence-corrected chi connectivity index (χ0v) is 13.0. The molecule has 0 bridgehead atoms. The highest BCUT2D eigenvalue weighted by molar-refractivity contribution is 5.85. The van der Waals surface area contributed by atoms with E-state index in [0.29, 0.717) is 0 Å². The standard InChI is InChI=1S/C19H20N4/c1-2-7-16-14(4-1)5-3-6-15(16)12-21-19-17-8-10-20-11-9-18(17)22-13-23-19/h1-7,13,20H,8-12H2,(H,21,22,23). The van der Waals surface area contributed by atoms with E-state index in [1.165, 1.54) is 27.6 Å². The SMILES string of the molecule is c1ccc2c(CNc3ncnc4c3CCNCC4)cccc2c1. The molecule has 0 aliphatic carbocycles. The molecule has 0 saturated carbocycles. The predicted octanol–water partition coefficient (Wildman–Crippen LogP) is 2.93. The third kappa shape index (κ3) is 2.90. The number of anilines is 1. The van der Waals surface area contributed by atoms with E-state index in [-0.39, 0.29) is 0 Å². The summed E-state index contributed by atoms with van der Waals surface area (Å²) >= 11 is 0. The van der Waals surface area contributed by atoms with E-state index < -0.39 is 0 Å². The fraction of sp³-hybridized carbons (Fsp3) is 0.263. The van der Waals surface area contributed by atoms with Gasteiger partial charge in [-0.3, -0.25) is 0 Å². The minimum atomic E-state index is 0.776. The Hall–Kier alpha value is -2.46. The minimum absolute atomic E-state index is 0.776. The highest BCUT2D eigenvalue weighted by atomic mass is 15.0. The summed E-state index contributed by atoms with van der Waals surface area (Å²) in [7, 11) is 0. The van der Waals surface area contributed by atoms with E-state index in [4.69, 9.17) is 0 Å². The third-order valence-electron chi connectivity index (χ3n) is 4.45. The minimum Gasteiger partial charge on any atom is -0.366 e. The van der Waals surface area contributed by atoms with Crippen LogP contribution >= 0.6 is 0 Å². The van der Waals surface area contributed by atoms with Crippen LogP contribution in [0.15, 0.2) is 48.8 Å². The van der Waals surface area contributed by atoms with Crippen LogP contribution in [0.3, 0.4) is 0 Å². The van der Waals surface area contributed by atoms with Crippen molar-refractivity contribution in [1.82, 2.24) is 15.3 Å². The molecule has 4 rings (SSSR count). The van der Waals surface area contributed by atoms with Crippen molar-refractivity contribution >= 4 is 16.6 Å². The van der Waals surface area contributed by atoms with Gasteiger partial charge in [-0.2, -0.15) is 0 Å². The van der Waals surface area contributed by atoms with Crippen molar-refractivity contribution < 1.29 is 0 Å². The lowest BCUT2D eigenvalue weighted by molar-refractivity contribution is 0.708. The van der Waals surface area contributed by atoms with Crippen molar-refractivity contribution in [2.45, 2.75) is 19.4 Å². The molecule has 116 valence electrons. The van der Waals surface area contributed by atoms with Gasteiger partial charge in [-0.05, 0) is 29.3 Å². The third-order valence-corrected chi connectivity index (χ3v) is 4.45. The van der Waals surface area contributed by atoms with Gasteiger partial charge in [0.05, 0.1) is 5.69 Å². The second-order valence-electron chi connectivity index (χ2n) is 5.89. The number of rotatable bonds is 3. The number of fused-ring (bicyclic) bond motifs is 2. The molecule has 0 unspecified atom stereocenters. The van der Waals surface area contributed by atoms with Crippen molar-refractivity contribution in [2.24, 2.45) is 0 Å². The van der Waals surface area contributed by atoms with Crippen LogP contribution in [-0.2, 0) is 19.4 Å². The summed E-state index contributed by atoms with van der Waals surface area (Å²) in [6.07, 6.45) is 3.63. The van der Waals surface area contributed by atoms with Crippen LogP contribution in [0.1, 0.15) is 16.8 Å². The predicted molar refractivity (Wildman–Crippen MR) is 93.6 cm³/mol. The Kier molecular flexibility index (Phi) is 3.90. The lowest BCUT2D eigenvalue weighted by Gasteiger charge is -2.13. The zero-order valence-electron chi connectivity index (χ0n) is 13.0. The first-order valence-corrected chi connectivity index (χ1v) is 8.16. The molecule has 0 radical (unpaired) electrons. The van der Waals surface area contributed by atoms with Gasteiger partial charge in [-0.25, -0.2) is 9.97 Å². The number of nitrogens with one attached hydrogen (secondary N) is 2. The van der Waals surface area contributed by atoms with Gasteiger partial charge >= 0.3 is 0 Å². The lowest BCUT2D eigenvalue weighted by atomic mass is 10.0. The number of benzene rings is 2. The van der Waals surface area contributed by atoms with Gasteiger partial charge in [0.2, 0.25) is 0 Å². The lowest BCUT2D eigenvalue weighted by Crippen LogP contribution is -2.16. The molecule has 0 atom stereocenters. The Balaban J connectivity index is 1.62. The molecule has 2 aromatic carbocycles. The monoisotopic (exact) mass is 304 g/mol. The van der Waals surface area contributed by atoms with Gasteiger partial charge < -0.3 is 10.6 Å². The number of hydrogen-bond acceptors (Lipinski definition) is 4. The van der Waals surface area contributed by atoms with Crippen molar-refractivity contribution in [2.75, 3.05) is 18.4 Å². The second-order valence-corrected chi connectivity index (χ2v) is 5.89. The van der Waals surface area contributed by atoms with Gasteiger partial charge in [0.25, 0.3) is 0 Å². The highest BCUT2D eigenvalue weighted by Gasteiger charge is 2.14. The van der Waals surface area contributed by atoms with Crippen molar-refractivity contribution in [3.05, 3.63) is 65.6 Å². The second kappa shape index (κ2) is 6.34. The molecule has 0 amide bonds. The molecule has 1 aliphatic rings. The maximum absolute atomic E-state index is 4.48. The van der Waals surface area contributed by atoms with Gasteiger partial charge in [-0.1, -0.05) is 42.5 Å². The molecule has 2 N–H and O–H groups in total. The van der Waals surface area contributed by atoms with Gasteiger partial charge in [-0.15, -0.1) is 0 Å². The Morgan fingerprint density at radius 3 is 2.83 bits per heavy atom. The molecule has 0 spiro atoms. The highest BCUT2D eigenvalue weighted by Crippen LogP contribution is 2.22. The Bertz CT molecular complexity index is 823. The summed E-state index contributed by atoms with van der Waals surface area (Å²) in [4.78, 5) is 8.93. The zero-order chi connectivity index (χ0) is 15.5. The van der Waals surface area contributed by atoms with Crippen molar-refractivity contribution in [1.29, 1.82) is 0 Å². The maximum atomic E-state index is 4.48. The molecule has 0 saturated heterocycles. The fourth-order valence-corrected chi connectivity index (χ4v) is 3.25. The van der Waals surface area contributed by atoms with E-state index >= 15 is 0 Å². The summed E-state index contributed by atoms with van der Waals surface area (Å²) < 4.78 is 0. The Morgan fingerprint density at radius 2 is 1.83 bits per heavy atom. The van der Waals surface area contributed by atoms with Crippen LogP contribution in [0.25, 0.3) is 10.8 Å². The molecule has 3 aromatic rings. The van der Waals surface area contributed by atoms with E-state index in [0.717, 1.165) is 38.3 Å². The van der Waals surface area contributed by atoms with Gasteiger partial charge in [0.1, 0.15) is 12.1 Å². The van der Waals surface area contributed by atoms with E-state index in [1.54, 1.807) is 6.33 Å². The van der Waals surface area contributed by atoms with Crippen molar-refractivity contribution in [3.63, 3.8) is 0 Å². The Labute approximate surface area is 136 Å². The largest absolute Gasteiger partial charge is 0.366 e. The molecular formula is C19H20N4. The first-order chi connectivity index (χ1) is 11.4. The van der Waals surface area contributed by atoms with Crippen LogP contribution in [0.5, 0.6) is 0 Å². The molecule has 1 aliphatic heterocycles. The maximum Gasteiger partial charge on any atom is 0.133 e. The van der Waals surface area contributed by atoms with Crippen LogP contribution in [0.2, 0.25) is 0 Å². The molecule has 2 heterocycles. The summed E-state index contributed by atoms with van der Waals surface area (Å²) in [6.45, 7) is 2.76. The normalized spacial score (nSPS) is 14.3. The van der Waals surface area contributed by atoms with Gasteiger partial charge in [0.15, 0.2) is 0 Å². The molecule has 4 heteroatoms. The van der Waals surface area contributed by atoms with Crippen LogP contribution in [0, 0.1) is 0 Å². The summed E-state index contributed by atoms with van der Waals surface area (Å²) in [6, 6.07) is 14.9. The van der Waals surface area contributed by atoms with Crippen LogP contribution < -0.4 is 10.6 Å². The number of nitrogens with zero attached hydrogens (tertiary/aromatic N) is 2. The topological polar surface area (TPSA) is 49.8 Å². The van der Waals surface area contributed by atoms with E-state index in [9.17, 15) is 0 Å². The first kappa shape index (κ1) is 14.2. The van der Waals surface area contributed by atoms with Crippen LogP contribution in [-0.4, -0.2) is 23.1 Å². The Morgan fingerprint density at radius 1 is 0.957 bits per heavy atom. The first-order valence-electron chi connectivity index (χ1n) is 8.16. The summed E-state index contributed by atoms with van der Waals surface area (Å²) in [5.41, 5.74) is 3.73. The van der Waals surface area contributed by atoms with Crippen LogP contribution in [0.4, 0.5) is 5.82 Å². The summed E-state index contributed by atoms with van der Waals surface area (Å²) in [5.74, 6) is 0.978. The van der Waals surface area contributed by atoms with Crippen molar-refractivity contribution in [3.8, 4) is 0 Å². The number of aromatic nitrogens is 2. The van der Waals surface area contributed by atoms with Gasteiger partial charge in [0, 0.05) is 25.1 Å². The number of hydrogen-bond donors (Lipinski definition) is 2. The molecular weight excluding hydrogens is 284 g/mol. The molecule has 23 heavy (non-hydrogen) atoms. The molecule has 1 aromatic heterocycles. The molecule has 4 nitrogen and oxygen atoms in total. The van der Waals surface area contributed by atoms with E-state index in [2.05, 4.69) is 63.1 Å². The molecule has 0 fully saturated rings. The summed E-state index contributed by atoms with van der Waals surface area (Å²) in [5, 5.41) is 9.53. The smallest absolute Gasteiger partial charge is 0.133 e. The average molecular weight is 304 g/mol. The fourth-order valence-electron chi connectivity index (χ4n) is 3.25.